The highest BCUT2D eigenvalue weighted by molar-refractivity contribution is 8.00. The van der Waals surface area contributed by atoms with Crippen LogP contribution in [-0.4, -0.2) is 65.1 Å². The number of ether oxygens (including phenoxy) is 2. The van der Waals surface area contributed by atoms with E-state index < -0.39 is 0 Å². The molecule has 2 aliphatic heterocycles. The molecule has 0 saturated carbocycles. The first kappa shape index (κ1) is 25.5. The van der Waals surface area contributed by atoms with E-state index in [0.29, 0.717) is 32.1 Å². The zero-order chi connectivity index (χ0) is 26.1. The molecule has 6 rings (SSSR count). The van der Waals surface area contributed by atoms with Crippen molar-refractivity contribution in [2.24, 2.45) is 0 Å². The molecule has 0 atom stereocenters. The van der Waals surface area contributed by atoms with Crippen LogP contribution in [0.5, 0.6) is 0 Å². The Labute approximate surface area is 230 Å². The summed E-state index contributed by atoms with van der Waals surface area (Å²) in [6, 6.07) is 10.2. The smallest absolute Gasteiger partial charge is 0.230 e. The number of fused-ring (bicyclic) bond motifs is 5. The molecular formula is C28H31N5O3S2. The molecule has 10 heteroatoms. The lowest BCUT2D eigenvalue weighted by Gasteiger charge is -2.36. The number of hydrogen-bond donors (Lipinski definition) is 1. The summed E-state index contributed by atoms with van der Waals surface area (Å²) >= 11 is 3.08. The van der Waals surface area contributed by atoms with Crippen LogP contribution in [0.3, 0.4) is 0 Å². The average Bonchev–Trinajstić information content (AvgIpc) is 3.31. The van der Waals surface area contributed by atoms with Gasteiger partial charge in [0.05, 0.1) is 41.4 Å². The van der Waals surface area contributed by atoms with Gasteiger partial charge in [-0.05, 0) is 31.4 Å². The number of anilines is 1. The summed E-state index contributed by atoms with van der Waals surface area (Å²) in [5, 5.41) is 4.95. The first-order valence-corrected chi connectivity index (χ1v) is 14.8. The van der Waals surface area contributed by atoms with Crippen LogP contribution in [0.4, 0.5) is 5.82 Å². The number of morpholine rings is 1. The van der Waals surface area contributed by atoms with Gasteiger partial charge in [0.15, 0.2) is 0 Å². The lowest BCUT2D eigenvalue weighted by atomic mass is 9.90. The van der Waals surface area contributed by atoms with Gasteiger partial charge < -0.3 is 19.7 Å². The zero-order valence-electron chi connectivity index (χ0n) is 21.7. The molecule has 0 unspecified atom stereocenters. The molecule has 1 saturated heterocycles. The van der Waals surface area contributed by atoms with Crippen LogP contribution in [-0.2, 0) is 33.7 Å². The molecule has 1 aromatic carbocycles. The monoisotopic (exact) mass is 549 g/mol. The topological polar surface area (TPSA) is 89.5 Å². The second-order valence-corrected chi connectivity index (χ2v) is 12.2. The predicted molar refractivity (Wildman–Crippen MR) is 152 cm³/mol. The third-order valence-electron chi connectivity index (χ3n) is 7.00. The maximum absolute atomic E-state index is 12.6. The van der Waals surface area contributed by atoms with Crippen molar-refractivity contribution in [2.75, 3.05) is 43.5 Å². The van der Waals surface area contributed by atoms with Crippen molar-refractivity contribution >= 4 is 55.3 Å². The number of hydrogen-bond acceptors (Lipinski definition) is 9. The standard InChI is InChI=1S/C28H31N5O3S2/c1-28(2)14-19-20(15-36-28)25(33-10-12-35-13-11-33)32-26-22(19)23-24(38-26)27(31-17-30-23)37-16-21(34)29-9-8-18-6-4-3-5-7-18/h3-7,17H,8-16H2,1-2H3,(H,29,34). The van der Waals surface area contributed by atoms with Crippen LogP contribution in [0, 0.1) is 0 Å². The molecule has 4 aromatic rings. The van der Waals surface area contributed by atoms with Crippen molar-refractivity contribution in [1.29, 1.82) is 0 Å². The Bertz CT molecular complexity index is 1470. The molecule has 5 heterocycles. The molecule has 0 bridgehead atoms. The quantitative estimate of drug-likeness (QED) is 0.268. The number of benzene rings is 1. The second-order valence-electron chi connectivity index (χ2n) is 10.2. The molecule has 0 aliphatic carbocycles. The van der Waals surface area contributed by atoms with Gasteiger partial charge in [0, 0.05) is 37.0 Å². The number of aromatic nitrogens is 3. The van der Waals surface area contributed by atoms with E-state index >= 15 is 0 Å². The second kappa shape index (κ2) is 10.8. The summed E-state index contributed by atoms with van der Waals surface area (Å²) in [5.41, 5.74) is 4.29. The van der Waals surface area contributed by atoms with E-state index in [2.05, 4.69) is 41.2 Å². The van der Waals surface area contributed by atoms with Crippen LogP contribution < -0.4 is 10.2 Å². The number of thiophene rings is 1. The number of carbonyl (C=O) groups excluding carboxylic acids is 1. The van der Waals surface area contributed by atoms with E-state index in [-0.39, 0.29) is 11.5 Å². The lowest BCUT2D eigenvalue weighted by molar-refractivity contribution is -0.118. The third kappa shape index (κ3) is 5.22. The first-order valence-electron chi connectivity index (χ1n) is 13.0. The maximum Gasteiger partial charge on any atom is 0.230 e. The van der Waals surface area contributed by atoms with Gasteiger partial charge in [-0.25, -0.2) is 15.0 Å². The van der Waals surface area contributed by atoms with Crippen LogP contribution in [0.2, 0.25) is 0 Å². The summed E-state index contributed by atoms with van der Waals surface area (Å²) < 4.78 is 12.8. The Balaban J connectivity index is 1.28. The summed E-state index contributed by atoms with van der Waals surface area (Å²) in [4.78, 5) is 30.3. The Morgan fingerprint density at radius 1 is 1.16 bits per heavy atom. The first-order chi connectivity index (χ1) is 18.5. The fraction of sp³-hybridized carbons (Fsp3) is 0.429. The minimum Gasteiger partial charge on any atom is -0.378 e. The fourth-order valence-electron chi connectivity index (χ4n) is 5.08. The van der Waals surface area contributed by atoms with Crippen molar-refractivity contribution in [2.45, 2.75) is 43.9 Å². The summed E-state index contributed by atoms with van der Waals surface area (Å²) in [7, 11) is 0. The van der Waals surface area contributed by atoms with Gasteiger partial charge in [-0.2, -0.15) is 0 Å². The lowest BCUT2D eigenvalue weighted by Crippen LogP contribution is -2.39. The highest BCUT2D eigenvalue weighted by Crippen LogP contribution is 2.44. The number of thioether (sulfide) groups is 1. The van der Waals surface area contributed by atoms with E-state index in [1.54, 1.807) is 17.7 Å². The predicted octanol–water partition coefficient (Wildman–Crippen LogP) is 4.38. The van der Waals surface area contributed by atoms with Crippen molar-refractivity contribution in [3.05, 3.63) is 53.3 Å². The molecule has 1 fully saturated rings. The molecule has 8 nitrogen and oxygen atoms in total. The van der Waals surface area contributed by atoms with Crippen LogP contribution >= 0.6 is 23.1 Å². The molecule has 1 amide bonds. The Morgan fingerprint density at radius 3 is 2.79 bits per heavy atom. The molecular weight excluding hydrogens is 518 g/mol. The normalized spacial score (nSPS) is 17.1. The molecule has 38 heavy (non-hydrogen) atoms. The summed E-state index contributed by atoms with van der Waals surface area (Å²) in [5.74, 6) is 1.31. The van der Waals surface area contributed by atoms with Gasteiger partial charge in [-0.1, -0.05) is 42.1 Å². The summed E-state index contributed by atoms with van der Waals surface area (Å²) in [6.45, 7) is 8.46. The van der Waals surface area contributed by atoms with Crippen molar-refractivity contribution in [3.63, 3.8) is 0 Å². The number of carbonyl (C=O) groups is 1. The van der Waals surface area contributed by atoms with Crippen molar-refractivity contribution in [3.8, 4) is 0 Å². The molecule has 3 aromatic heterocycles. The van der Waals surface area contributed by atoms with E-state index in [1.165, 1.54) is 22.9 Å². The fourth-order valence-corrected chi connectivity index (χ4v) is 7.14. The minimum absolute atomic E-state index is 0.00260. The van der Waals surface area contributed by atoms with Crippen molar-refractivity contribution < 1.29 is 14.3 Å². The number of nitrogens with zero attached hydrogens (tertiary/aromatic N) is 4. The Kier molecular flexibility index (Phi) is 7.22. The van der Waals surface area contributed by atoms with Gasteiger partial charge >= 0.3 is 0 Å². The average molecular weight is 550 g/mol. The SMILES string of the molecule is CC1(C)Cc2c(c(N3CCOCC3)nc3sc4c(SCC(=O)NCCc5ccccc5)ncnc4c23)CO1. The van der Waals surface area contributed by atoms with Gasteiger partial charge in [0.25, 0.3) is 0 Å². The van der Waals surface area contributed by atoms with Gasteiger partial charge in [-0.3, -0.25) is 4.79 Å². The number of rotatable bonds is 7. The molecule has 198 valence electrons. The zero-order valence-corrected chi connectivity index (χ0v) is 23.3. The van der Waals surface area contributed by atoms with Crippen LogP contribution in [0.1, 0.15) is 30.5 Å². The molecule has 1 N–H and O–H groups in total. The summed E-state index contributed by atoms with van der Waals surface area (Å²) in [6.07, 6.45) is 3.21. The van der Waals surface area contributed by atoms with E-state index in [0.717, 1.165) is 62.8 Å². The van der Waals surface area contributed by atoms with E-state index in [9.17, 15) is 4.79 Å². The highest BCUT2D eigenvalue weighted by Gasteiger charge is 2.33. The Hall–Kier alpha value is -2.79. The van der Waals surface area contributed by atoms with Gasteiger partial charge in [0.2, 0.25) is 5.91 Å². The molecule has 0 spiro atoms. The van der Waals surface area contributed by atoms with E-state index in [1.807, 2.05) is 18.2 Å². The van der Waals surface area contributed by atoms with Crippen LogP contribution in [0.25, 0.3) is 20.4 Å². The van der Waals surface area contributed by atoms with E-state index in [4.69, 9.17) is 19.4 Å². The molecule has 2 aliphatic rings. The van der Waals surface area contributed by atoms with Crippen molar-refractivity contribution in [1.82, 2.24) is 20.3 Å². The minimum atomic E-state index is -0.264. The number of amides is 1. The van der Waals surface area contributed by atoms with Gasteiger partial charge in [0.1, 0.15) is 22.0 Å². The van der Waals surface area contributed by atoms with Gasteiger partial charge in [-0.15, -0.1) is 11.3 Å². The molecule has 0 radical (unpaired) electrons. The third-order valence-corrected chi connectivity index (χ3v) is 9.20. The van der Waals surface area contributed by atoms with Crippen LogP contribution in [0.15, 0.2) is 41.7 Å². The number of pyridine rings is 1. The largest absolute Gasteiger partial charge is 0.378 e. The number of nitrogens with one attached hydrogen (secondary N) is 1. The maximum atomic E-state index is 12.6. The highest BCUT2D eigenvalue weighted by atomic mass is 32.2. The Morgan fingerprint density at radius 2 is 1.97 bits per heavy atom.